The summed E-state index contributed by atoms with van der Waals surface area (Å²) >= 11 is 0. The molecule has 1 aromatic heterocycles. The molecule has 20 heavy (non-hydrogen) atoms. The molecule has 4 nitrogen and oxygen atoms in total. The molecule has 0 saturated carbocycles. The van der Waals surface area contributed by atoms with E-state index in [0.29, 0.717) is 18.9 Å². The molecule has 0 bridgehead atoms. The van der Waals surface area contributed by atoms with Gasteiger partial charge in [0, 0.05) is 19.3 Å². The van der Waals surface area contributed by atoms with Crippen molar-refractivity contribution in [2.75, 3.05) is 23.3 Å². The van der Waals surface area contributed by atoms with Crippen molar-refractivity contribution in [1.29, 1.82) is 0 Å². The Bertz CT molecular complexity index is 489. The molecular weight excluding hydrogens is 278 g/mol. The third kappa shape index (κ3) is 2.83. The van der Waals surface area contributed by atoms with Crippen LogP contribution in [0.5, 0.6) is 0 Å². The van der Waals surface area contributed by atoms with Crippen molar-refractivity contribution in [3.63, 3.8) is 0 Å². The highest BCUT2D eigenvalue weighted by atomic mass is 19.3. The van der Waals surface area contributed by atoms with Gasteiger partial charge in [-0.2, -0.15) is 8.78 Å². The van der Waals surface area contributed by atoms with E-state index in [0.717, 1.165) is 12.8 Å². The minimum absolute atomic E-state index is 0.0136. The molecule has 0 aromatic carbocycles. The number of nitrogens with zero attached hydrogens (tertiary/aromatic N) is 2. The molecule has 1 aliphatic rings. The Kier molecular flexibility index (Phi) is 4.10. The van der Waals surface area contributed by atoms with Crippen LogP contribution < -0.4 is 10.2 Å². The lowest BCUT2D eigenvalue weighted by atomic mass is 10.3. The Labute approximate surface area is 112 Å². The normalized spacial score (nSPS) is 15.8. The molecule has 0 unspecified atom stereocenters. The third-order valence-corrected chi connectivity index (χ3v) is 3.02. The summed E-state index contributed by atoms with van der Waals surface area (Å²) in [5, 5.41) is 1.84. The van der Waals surface area contributed by atoms with Gasteiger partial charge in [0.15, 0.2) is 5.82 Å². The number of rotatable bonds is 4. The van der Waals surface area contributed by atoms with Crippen molar-refractivity contribution >= 4 is 17.4 Å². The average molecular weight is 291 g/mol. The average Bonchev–Trinajstić information content (AvgIpc) is 2.92. The SMILES string of the molecule is O=C(Nc1cccnc1N1CCCC1)C(F)(F)C(F)F. The first-order chi connectivity index (χ1) is 9.43. The van der Waals surface area contributed by atoms with E-state index in [4.69, 9.17) is 0 Å². The molecule has 0 atom stereocenters. The Morgan fingerprint density at radius 3 is 2.60 bits per heavy atom. The van der Waals surface area contributed by atoms with Crippen LogP contribution in [-0.2, 0) is 4.79 Å². The van der Waals surface area contributed by atoms with Crippen LogP contribution in [0.3, 0.4) is 0 Å². The Morgan fingerprint density at radius 1 is 1.35 bits per heavy atom. The second kappa shape index (κ2) is 5.64. The van der Waals surface area contributed by atoms with Gasteiger partial charge in [-0.1, -0.05) is 0 Å². The molecule has 1 N–H and O–H groups in total. The van der Waals surface area contributed by atoms with Gasteiger partial charge in [-0.25, -0.2) is 13.8 Å². The number of halogens is 4. The fourth-order valence-corrected chi connectivity index (χ4v) is 1.98. The topological polar surface area (TPSA) is 45.2 Å². The highest BCUT2D eigenvalue weighted by Crippen LogP contribution is 2.29. The molecule has 1 saturated heterocycles. The zero-order valence-corrected chi connectivity index (χ0v) is 10.5. The van der Waals surface area contributed by atoms with Gasteiger partial charge in [0.2, 0.25) is 0 Å². The molecule has 8 heteroatoms. The Balaban J connectivity index is 2.19. The number of hydrogen-bond acceptors (Lipinski definition) is 3. The summed E-state index contributed by atoms with van der Waals surface area (Å²) in [6.45, 7) is 1.37. The van der Waals surface area contributed by atoms with Crippen LogP contribution in [0.25, 0.3) is 0 Å². The predicted octanol–water partition coefficient (Wildman–Crippen LogP) is 2.52. The zero-order valence-electron chi connectivity index (χ0n) is 10.5. The molecule has 2 heterocycles. The van der Waals surface area contributed by atoms with Gasteiger partial charge < -0.3 is 10.2 Å². The van der Waals surface area contributed by atoms with E-state index >= 15 is 0 Å². The predicted molar refractivity (Wildman–Crippen MR) is 65.3 cm³/mol. The zero-order chi connectivity index (χ0) is 14.8. The molecular formula is C12H13F4N3O. The number of carbonyl (C=O) groups is 1. The maximum atomic E-state index is 12.9. The monoisotopic (exact) mass is 291 g/mol. The first kappa shape index (κ1) is 14.5. The lowest BCUT2D eigenvalue weighted by Crippen LogP contribution is -2.41. The summed E-state index contributed by atoms with van der Waals surface area (Å²) in [6, 6.07) is 2.80. The molecule has 1 fully saturated rings. The van der Waals surface area contributed by atoms with E-state index in [1.165, 1.54) is 18.3 Å². The highest BCUT2D eigenvalue weighted by Gasteiger charge is 2.49. The maximum absolute atomic E-state index is 12.9. The van der Waals surface area contributed by atoms with E-state index in [1.807, 2.05) is 10.2 Å². The number of carbonyl (C=O) groups excluding carboxylic acids is 1. The molecule has 0 spiro atoms. The lowest BCUT2D eigenvalue weighted by molar-refractivity contribution is -0.163. The van der Waals surface area contributed by atoms with Gasteiger partial charge in [-0.05, 0) is 25.0 Å². The van der Waals surface area contributed by atoms with Crippen LogP contribution in [0.1, 0.15) is 12.8 Å². The molecule has 0 aliphatic carbocycles. The number of hydrogen-bond donors (Lipinski definition) is 1. The number of pyridine rings is 1. The maximum Gasteiger partial charge on any atom is 0.383 e. The van der Waals surface area contributed by atoms with Crippen LogP contribution in [0, 0.1) is 0 Å². The van der Waals surface area contributed by atoms with Crippen LogP contribution in [0.4, 0.5) is 29.1 Å². The number of anilines is 2. The van der Waals surface area contributed by atoms with E-state index < -0.39 is 18.3 Å². The molecule has 1 amide bonds. The fraction of sp³-hybridized carbons (Fsp3) is 0.500. The smallest absolute Gasteiger partial charge is 0.355 e. The number of amides is 1. The van der Waals surface area contributed by atoms with Crippen molar-refractivity contribution in [3.8, 4) is 0 Å². The van der Waals surface area contributed by atoms with Crippen molar-refractivity contribution in [2.24, 2.45) is 0 Å². The third-order valence-electron chi connectivity index (χ3n) is 3.02. The van der Waals surface area contributed by atoms with Gasteiger partial charge in [0.1, 0.15) is 0 Å². The number of alkyl halides is 4. The van der Waals surface area contributed by atoms with Crippen LogP contribution >= 0.6 is 0 Å². The molecule has 0 radical (unpaired) electrons. The minimum Gasteiger partial charge on any atom is -0.355 e. The van der Waals surface area contributed by atoms with Gasteiger partial charge in [0.05, 0.1) is 5.69 Å². The number of aromatic nitrogens is 1. The van der Waals surface area contributed by atoms with Crippen molar-refractivity contribution < 1.29 is 22.4 Å². The summed E-state index contributed by atoms with van der Waals surface area (Å²) in [7, 11) is 0. The molecule has 2 rings (SSSR count). The summed E-state index contributed by atoms with van der Waals surface area (Å²) in [6.07, 6.45) is -0.738. The van der Waals surface area contributed by atoms with Crippen molar-refractivity contribution in [3.05, 3.63) is 18.3 Å². The summed E-state index contributed by atoms with van der Waals surface area (Å²) in [5.74, 6) is -6.43. The molecule has 110 valence electrons. The van der Waals surface area contributed by atoms with Crippen molar-refractivity contribution in [1.82, 2.24) is 4.98 Å². The second-order valence-electron chi connectivity index (χ2n) is 4.45. The van der Waals surface area contributed by atoms with E-state index in [1.54, 1.807) is 0 Å². The quantitative estimate of drug-likeness (QED) is 0.867. The second-order valence-corrected chi connectivity index (χ2v) is 4.45. The Morgan fingerprint density at radius 2 is 2.00 bits per heavy atom. The molecule has 1 aliphatic heterocycles. The first-order valence-corrected chi connectivity index (χ1v) is 6.10. The van der Waals surface area contributed by atoms with Crippen LogP contribution in [0.15, 0.2) is 18.3 Å². The van der Waals surface area contributed by atoms with Crippen LogP contribution in [0.2, 0.25) is 0 Å². The summed E-state index contributed by atoms with van der Waals surface area (Å²) < 4.78 is 50.1. The summed E-state index contributed by atoms with van der Waals surface area (Å²) in [5.41, 5.74) is 0.0136. The van der Waals surface area contributed by atoms with Crippen LogP contribution in [-0.4, -0.2) is 36.3 Å². The van der Waals surface area contributed by atoms with Gasteiger partial charge >= 0.3 is 18.3 Å². The minimum atomic E-state index is -4.72. The van der Waals surface area contributed by atoms with E-state index in [2.05, 4.69) is 4.98 Å². The number of nitrogens with one attached hydrogen (secondary N) is 1. The lowest BCUT2D eigenvalue weighted by Gasteiger charge is -2.21. The van der Waals surface area contributed by atoms with E-state index in [9.17, 15) is 22.4 Å². The van der Waals surface area contributed by atoms with Gasteiger partial charge in [-0.3, -0.25) is 4.79 Å². The fourth-order valence-electron chi connectivity index (χ4n) is 1.98. The first-order valence-electron chi connectivity index (χ1n) is 6.10. The van der Waals surface area contributed by atoms with Gasteiger partial charge in [-0.15, -0.1) is 0 Å². The molecule has 1 aromatic rings. The standard InChI is InChI=1S/C12H13F4N3O/c13-10(14)12(15,16)11(20)18-8-4-3-5-17-9(8)19-6-1-2-7-19/h3-5,10H,1-2,6-7H2,(H,18,20). The largest absolute Gasteiger partial charge is 0.383 e. The van der Waals surface area contributed by atoms with E-state index in [-0.39, 0.29) is 5.69 Å². The summed E-state index contributed by atoms with van der Waals surface area (Å²) in [4.78, 5) is 17.1. The van der Waals surface area contributed by atoms with Gasteiger partial charge in [0.25, 0.3) is 0 Å². The Hall–Kier alpha value is -1.86. The highest BCUT2D eigenvalue weighted by molar-refractivity contribution is 5.98. The van der Waals surface area contributed by atoms with Crippen molar-refractivity contribution in [2.45, 2.75) is 25.2 Å².